The van der Waals surface area contributed by atoms with Gasteiger partial charge in [0.2, 0.25) is 0 Å². The predicted molar refractivity (Wildman–Crippen MR) is 108 cm³/mol. The fourth-order valence-corrected chi connectivity index (χ4v) is 5.40. The number of thiophene rings is 1. The van der Waals surface area contributed by atoms with E-state index in [0.717, 1.165) is 56.0 Å². The first-order chi connectivity index (χ1) is 12.5. The van der Waals surface area contributed by atoms with E-state index in [1.807, 2.05) is 0 Å². The van der Waals surface area contributed by atoms with E-state index in [2.05, 4.69) is 22.0 Å². The molecular formula is C18H27N3O3S2. The maximum atomic E-state index is 12.4. The number of nitrogens with zero attached hydrogens (tertiary/aromatic N) is 2. The largest absolute Gasteiger partial charge is 0.465 e. The van der Waals surface area contributed by atoms with Crippen molar-refractivity contribution in [3.05, 3.63) is 16.0 Å². The molecule has 144 valence electrons. The number of aliphatic hydroxyl groups excluding tert-OH is 1. The number of hydrogen-bond donors (Lipinski definition) is 2. The van der Waals surface area contributed by atoms with Crippen LogP contribution in [-0.4, -0.2) is 72.4 Å². The molecular weight excluding hydrogens is 370 g/mol. The topological polar surface area (TPSA) is 65.0 Å². The van der Waals surface area contributed by atoms with Crippen molar-refractivity contribution < 1.29 is 14.6 Å². The standard InChI is InChI=1S/C18H27N3O3S2/c1-12-3-4-13-14(11-12)26-16(15(13)17(23)24-2)19-18(25)21-7-5-20(6-8-21)9-10-22/h12,22H,3-11H2,1-2H3,(H,19,25)/t12-/m1/s1. The monoisotopic (exact) mass is 397 g/mol. The van der Waals surface area contributed by atoms with Crippen LogP contribution in [0.2, 0.25) is 0 Å². The van der Waals surface area contributed by atoms with E-state index in [-0.39, 0.29) is 12.6 Å². The minimum absolute atomic E-state index is 0.185. The number of ether oxygens (including phenoxy) is 1. The van der Waals surface area contributed by atoms with Crippen molar-refractivity contribution in [1.29, 1.82) is 0 Å². The van der Waals surface area contributed by atoms with E-state index in [4.69, 9.17) is 22.1 Å². The molecule has 1 aromatic rings. The van der Waals surface area contributed by atoms with Gasteiger partial charge in [0.25, 0.3) is 0 Å². The summed E-state index contributed by atoms with van der Waals surface area (Å²) in [5, 5.41) is 13.9. The maximum absolute atomic E-state index is 12.4. The quantitative estimate of drug-likeness (QED) is 0.595. The van der Waals surface area contributed by atoms with Gasteiger partial charge in [-0.15, -0.1) is 11.3 Å². The summed E-state index contributed by atoms with van der Waals surface area (Å²) in [6.45, 7) is 6.54. The molecule has 1 saturated heterocycles. The van der Waals surface area contributed by atoms with Crippen molar-refractivity contribution in [2.24, 2.45) is 5.92 Å². The van der Waals surface area contributed by atoms with Crippen LogP contribution in [0.4, 0.5) is 5.00 Å². The number of aliphatic hydroxyl groups is 1. The Labute approximate surface area is 164 Å². The van der Waals surface area contributed by atoms with Crippen molar-refractivity contribution in [2.75, 3.05) is 51.8 Å². The SMILES string of the molecule is COC(=O)c1c(NC(=S)N2CCN(CCO)CC2)sc2c1CC[C@@H](C)C2. The lowest BCUT2D eigenvalue weighted by molar-refractivity contribution is 0.0601. The third kappa shape index (κ3) is 4.19. The number of esters is 1. The summed E-state index contributed by atoms with van der Waals surface area (Å²) < 4.78 is 5.04. The summed E-state index contributed by atoms with van der Waals surface area (Å²) >= 11 is 7.25. The number of carbonyl (C=O) groups is 1. The first-order valence-electron chi connectivity index (χ1n) is 9.15. The molecule has 2 heterocycles. The minimum atomic E-state index is -0.282. The molecule has 0 spiro atoms. The summed E-state index contributed by atoms with van der Waals surface area (Å²) in [6.07, 6.45) is 3.04. The molecule has 1 atom stereocenters. The zero-order chi connectivity index (χ0) is 18.7. The number of fused-ring (bicyclic) bond motifs is 1. The molecule has 0 aromatic carbocycles. The van der Waals surface area contributed by atoms with Gasteiger partial charge in [0, 0.05) is 37.6 Å². The molecule has 1 aliphatic heterocycles. The molecule has 1 aromatic heterocycles. The van der Waals surface area contributed by atoms with Crippen LogP contribution >= 0.6 is 23.6 Å². The average Bonchev–Trinajstić information content (AvgIpc) is 2.98. The molecule has 6 nitrogen and oxygen atoms in total. The van der Waals surface area contributed by atoms with Crippen molar-refractivity contribution in [2.45, 2.75) is 26.2 Å². The van der Waals surface area contributed by atoms with Gasteiger partial charge in [0.1, 0.15) is 5.00 Å². The van der Waals surface area contributed by atoms with E-state index < -0.39 is 0 Å². The zero-order valence-corrected chi connectivity index (χ0v) is 17.0. The minimum Gasteiger partial charge on any atom is -0.465 e. The van der Waals surface area contributed by atoms with Crippen molar-refractivity contribution >= 4 is 39.6 Å². The van der Waals surface area contributed by atoms with Crippen LogP contribution in [0.15, 0.2) is 0 Å². The molecule has 0 amide bonds. The number of piperazine rings is 1. The fourth-order valence-electron chi connectivity index (χ4n) is 3.65. The number of anilines is 1. The van der Waals surface area contributed by atoms with Crippen molar-refractivity contribution in [3.63, 3.8) is 0 Å². The fraction of sp³-hybridized carbons (Fsp3) is 0.667. The van der Waals surface area contributed by atoms with Gasteiger partial charge in [-0.05, 0) is 43.0 Å². The number of methoxy groups -OCH3 is 1. The highest BCUT2D eigenvalue weighted by Gasteiger charge is 2.29. The second-order valence-corrected chi connectivity index (χ2v) is 8.52. The first kappa shape index (κ1) is 19.5. The van der Waals surface area contributed by atoms with Gasteiger partial charge >= 0.3 is 5.97 Å². The van der Waals surface area contributed by atoms with Crippen LogP contribution in [0.3, 0.4) is 0 Å². The molecule has 2 N–H and O–H groups in total. The molecule has 1 aliphatic carbocycles. The van der Waals surface area contributed by atoms with Gasteiger partial charge in [-0.2, -0.15) is 0 Å². The predicted octanol–water partition coefficient (Wildman–Crippen LogP) is 1.97. The number of rotatable bonds is 4. The smallest absolute Gasteiger partial charge is 0.341 e. The third-order valence-corrected chi connectivity index (χ3v) is 6.73. The summed E-state index contributed by atoms with van der Waals surface area (Å²) in [7, 11) is 1.43. The molecule has 0 saturated carbocycles. The molecule has 3 rings (SSSR count). The average molecular weight is 398 g/mol. The Balaban J connectivity index is 1.73. The number of thiocarbonyl (C=S) groups is 1. The second kappa shape index (κ2) is 8.65. The molecule has 0 radical (unpaired) electrons. The summed E-state index contributed by atoms with van der Waals surface area (Å²) in [4.78, 5) is 18.0. The van der Waals surface area contributed by atoms with Gasteiger partial charge in [-0.3, -0.25) is 4.90 Å². The third-order valence-electron chi connectivity index (χ3n) is 5.20. The van der Waals surface area contributed by atoms with Gasteiger partial charge < -0.3 is 20.1 Å². The normalized spacial score (nSPS) is 20.6. The zero-order valence-electron chi connectivity index (χ0n) is 15.4. The number of hydrogen-bond acceptors (Lipinski definition) is 6. The van der Waals surface area contributed by atoms with Crippen LogP contribution in [0.25, 0.3) is 0 Å². The lowest BCUT2D eigenvalue weighted by Crippen LogP contribution is -2.50. The van der Waals surface area contributed by atoms with Crippen molar-refractivity contribution in [3.8, 4) is 0 Å². The Bertz CT molecular complexity index is 669. The second-order valence-electron chi connectivity index (χ2n) is 7.03. The van der Waals surface area contributed by atoms with Crippen molar-refractivity contribution in [1.82, 2.24) is 9.80 Å². The Kier molecular flexibility index (Phi) is 6.50. The molecule has 1 fully saturated rings. The maximum Gasteiger partial charge on any atom is 0.341 e. The van der Waals surface area contributed by atoms with E-state index in [1.165, 1.54) is 12.0 Å². The molecule has 0 unspecified atom stereocenters. The molecule has 2 aliphatic rings. The van der Waals surface area contributed by atoms with Crippen LogP contribution < -0.4 is 5.32 Å². The number of carbonyl (C=O) groups excluding carboxylic acids is 1. The van der Waals surface area contributed by atoms with E-state index >= 15 is 0 Å². The van der Waals surface area contributed by atoms with Gasteiger partial charge in [0.05, 0.1) is 19.3 Å². The van der Waals surface area contributed by atoms with Crippen LogP contribution in [-0.2, 0) is 17.6 Å². The summed E-state index contributed by atoms with van der Waals surface area (Å²) in [5.74, 6) is 0.362. The van der Waals surface area contributed by atoms with Crippen LogP contribution in [0.5, 0.6) is 0 Å². The Morgan fingerprint density at radius 3 is 2.77 bits per heavy atom. The summed E-state index contributed by atoms with van der Waals surface area (Å²) in [5.41, 5.74) is 1.80. The first-order valence-corrected chi connectivity index (χ1v) is 10.4. The number of β-amino-alcohol motifs (C(OH)–C–C–N with tert-alkyl or cyclic N) is 1. The highest BCUT2D eigenvalue weighted by molar-refractivity contribution is 7.80. The van der Waals surface area contributed by atoms with Crippen LogP contribution in [0, 0.1) is 5.92 Å². The van der Waals surface area contributed by atoms with E-state index in [9.17, 15) is 4.79 Å². The van der Waals surface area contributed by atoms with E-state index in [1.54, 1.807) is 11.3 Å². The Morgan fingerprint density at radius 1 is 1.38 bits per heavy atom. The summed E-state index contributed by atoms with van der Waals surface area (Å²) in [6, 6.07) is 0. The van der Waals surface area contributed by atoms with Gasteiger partial charge in [0.15, 0.2) is 5.11 Å². The van der Waals surface area contributed by atoms with E-state index in [0.29, 0.717) is 23.1 Å². The highest BCUT2D eigenvalue weighted by atomic mass is 32.1. The molecule has 8 heteroatoms. The lowest BCUT2D eigenvalue weighted by atomic mass is 9.88. The number of nitrogens with one attached hydrogen (secondary N) is 1. The Morgan fingerprint density at radius 2 is 2.12 bits per heavy atom. The lowest BCUT2D eigenvalue weighted by Gasteiger charge is -2.35. The van der Waals surface area contributed by atoms with Gasteiger partial charge in [-0.25, -0.2) is 4.79 Å². The Hall–Kier alpha value is -1.22. The molecule has 0 bridgehead atoms. The van der Waals surface area contributed by atoms with Crippen LogP contribution in [0.1, 0.15) is 34.1 Å². The van der Waals surface area contributed by atoms with Gasteiger partial charge in [-0.1, -0.05) is 6.92 Å². The highest BCUT2D eigenvalue weighted by Crippen LogP contribution is 2.40. The molecule has 26 heavy (non-hydrogen) atoms.